The maximum atomic E-state index is 12.2. The molecule has 0 radical (unpaired) electrons. The van der Waals surface area contributed by atoms with E-state index in [-0.39, 0.29) is 0 Å². The number of benzene rings is 1. The van der Waals surface area contributed by atoms with Crippen LogP contribution in [0.15, 0.2) is 54.9 Å². The van der Waals surface area contributed by atoms with Gasteiger partial charge in [0, 0.05) is 37.9 Å². The number of nitrogens with zero attached hydrogens (tertiary/aromatic N) is 2. The van der Waals surface area contributed by atoms with E-state index in [1.54, 1.807) is 0 Å². The molecule has 4 heteroatoms. The minimum absolute atomic E-state index is 0.303. The molecule has 0 spiro atoms. The van der Waals surface area contributed by atoms with Crippen LogP contribution >= 0.6 is 0 Å². The van der Waals surface area contributed by atoms with E-state index in [2.05, 4.69) is 39.5 Å². The average Bonchev–Trinajstić information content (AvgIpc) is 2.98. The number of carbonyl (C=O) groups excluding carboxylic acids is 1. The summed E-state index contributed by atoms with van der Waals surface area (Å²) in [5, 5.41) is 3.49. The fourth-order valence-corrected chi connectivity index (χ4v) is 3.30. The predicted octanol–water partition coefficient (Wildman–Crippen LogP) is 2.80. The number of likely N-dealkylation sites (tertiary alicyclic amines) is 1. The summed E-state index contributed by atoms with van der Waals surface area (Å²) in [4.78, 5) is 18.3. The zero-order valence-corrected chi connectivity index (χ0v) is 14.0. The smallest absolute Gasteiger partial charge is 0.222 e. The van der Waals surface area contributed by atoms with Crippen LogP contribution in [0, 0.1) is 0 Å². The molecule has 1 aliphatic rings. The minimum Gasteiger partial charge on any atom is -0.339 e. The van der Waals surface area contributed by atoms with Crippen molar-refractivity contribution in [2.75, 3.05) is 13.1 Å². The maximum Gasteiger partial charge on any atom is 0.222 e. The molecule has 1 fully saturated rings. The van der Waals surface area contributed by atoms with Gasteiger partial charge in [0.05, 0.1) is 0 Å². The summed E-state index contributed by atoms with van der Waals surface area (Å²) >= 11 is 0. The van der Waals surface area contributed by atoms with Gasteiger partial charge in [0.1, 0.15) is 0 Å². The second-order valence-electron chi connectivity index (χ2n) is 6.34. The van der Waals surface area contributed by atoms with Crippen LogP contribution in [0.1, 0.15) is 30.4 Å². The van der Waals surface area contributed by atoms with Gasteiger partial charge in [0.15, 0.2) is 0 Å². The van der Waals surface area contributed by atoms with Gasteiger partial charge in [0.25, 0.3) is 0 Å². The number of aromatic nitrogens is 1. The van der Waals surface area contributed by atoms with Crippen LogP contribution in [0.3, 0.4) is 0 Å². The fourth-order valence-electron chi connectivity index (χ4n) is 3.30. The van der Waals surface area contributed by atoms with E-state index in [0.29, 0.717) is 18.4 Å². The van der Waals surface area contributed by atoms with Gasteiger partial charge in [-0.2, -0.15) is 0 Å². The van der Waals surface area contributed by atoms with Crippen LogP contribution in [-0.2, 0) is 17.8 Å². The Morgan fingerprint density at radius 1 is 1.08 bits per heavy atom. The Bertz CT molecular complexity index is 630. The highest BCUT2D eigenvalue weighted by atomic mass is 16.2. The van der Waals surface area contributed by atoms with Crippen molar-refractivity contribution in [2.45, 2.75) is 38.3 Å². The van der Waals surface area contributed by atoms with E-state index in [1.165, 1.54) is 11.1 Å². The van der Waals surface area contributed by atoms with Gasteiger partial charge in [-0.15, -0.1) is 0 Å². The van der Waals surface area contributed by atoms with Gasteiger partial charge >= 0.3 is 0 Å². The molecule has 0 bridgehead atoms. The molecule has 1 aliphatic heterocycles. The third-order valence-corrected chi connectivity index (χ3v) is 4.67. The molecule has 126 valence electrons. The number of hydrogen-bond acceptors (Lipinski definition) is 3. The van der Waals surface area contributed by atoms with Crippen LogP contribution in [-0.4, -0.2) is 34.9 Å². The molecule has 1 aromatic heterocycles. The lowest BCUT2D eigenvalue weighted by atomic mass is 10.1. The molecule has 24 heavy (non-hydrogen) atoms. The summed E-state index contributed by atoms with van der Waals surface area (Å²) < 4.78 is 0. The Hall–Kier alpha value is -2.20. The molecule has 1 amide bonds. The Morgan fingerprint density at radius 2 is 1.88 bits per heavy atom. The van der Waals surface area contributed by atoms with Crippen LogP contribution in [0.4, 0.5) is 0 Å². The standard InChI is InChI=1S/C20H25N3O/c24-20-7-6-19(10-14-22-16-18-4-2-1-3-5-18)23(20)15-11-17-8-12-21-13-9-17/h1-5,8-9,12-13,19,22H,6-7,10-11,14-16H2. The van der Waals surface area contributed by atoms with Crippen molar-refractivity contribution in [3.8, 4) is 0 Å². The number of hydrogen-bond donors (Lipinski definition) is 1. The molecular formula is C20H25N3O. The van der Waals surface area contributed by atoms with Gasteiger partial charge in [-0.05, 0) is 49.1 Å². The highest BCUT2D eigenvalue weighted by Crippen LogP contribution is 2.21. The lowest BCUT2D eigenvalue weighted by molar-refractivity contribution is -0.129. The van der Waals surface area contributed by atoms with E-state index in [1.807, 2.05) is 30.6 Å². The summed E-state index contributed by atoms with van der Waals surface area (Å²) in [6.45, 7) is 2.64. The molecule has 0 aliphatic carbocycles. The summed E-state index contributed by atoms with van der Waals surface area (Å²) in [6, 6.07) is 14.9. The molecule has 1 N–H and O–H groups in total. The van der Waals surface area contributed by atoms with Crippen molar-refractivity contribution < 1.29 is 4.79 Å². The third kappa shape index (κ3) is 4.65. The summed E-state index contributed by atoms with van der Waals surface area (Å²) in [7, 11) is 0. The molecule has 2 aromatic rings. The normalized spacial score (nSPS) is 17.4. The lowest BCUT2D eigenvalue weighted by Gasteiger charge is -2.25. The second kappa shape index (κ2) is 8.60. The van der Waals surface area contributed by atoms with Crippen LogP contribution in [0.25, 0.3) is 0 Å². The number of amides is 1. The Balaban J connectivity index is 1.43. The van der Waals surface area contributed by atoms with Crippen molar-refractivity contribution in [1.82, 2.24) is 15.2 Å². The second-order valence-corrected chi connectivity index (χ2v) is 6.34. The monoisotopic (exact) mass is 323 g/mol. The highest BCUT2D eigenvalue weighted by molar-refractivity contribution is 5.78. The topological polar surface area (TPSA) is 45.2 Å². The number of pyridine rings is 1. The number of nitrogens with one attached hydrogen (secondary N) is 1. The van der Waals surface area contributed by atoms with Crippen molar-refractivity contribution in [3.05, 3.63) is 66.0 Å². The van der Waals surface area contributed by atoms with E-state index in [4.69, 9.17) is 0 Å². The summed E-state index contributed by atoms with van der Waals surface area (Å²) in [5.41, 5.74) is 2.54. The van der Waals surface area contributed by atoms with Crippen LogP contribution in [0.5, 0.6) is 0 Å². The first kappa shape index (κ1) is 16.7. The Labute approximate surface area is 143 Å². The fraction of sp³-hybridized carbons (Fsp3) is 0.400. The van der Waals surface area contributed by atoms with Gasteiger partial charge in [0.2, 0.25) is 5.91 Å². The molecule has 1 aromatic carbocycles. The maximum absolute atomic E-state index is 12.2. The molecule has 2 heterocycles. The van der Waals surface area contributed by atoms with Crippen LogP contribution in [0.2, 0.25) is 0 Å². The highest BCUT2D eigenvalue weighted by Gasteiger charge is 2.29. The van der Waals surface area contributed by atoms with Crippen molar-refractivity contribution in [2.24, 2.45) is 0 Å². The zero-order chi connectivity index (χ0) is 16.6. The molecule has 1 saturated heterocycles. The Kier molecular flexibility index (Phi) is 5.96. The first-order valence-electron chi connectivity index (χ1n) is 8.76. The largest absolute Gasteiger partial charge is 0.339 e. The third-order valence-electron chi connectivity index (χ3n) is 4.67. The zero-order valence-electron chi connectivity index (χ0n) is 14.0. The summed E-state index contributed by atoms with van der Waals surface area (Å²) in [6.07, 6.45) is 7.23. The van der Waals surface area contributed by atoms with Gasteiger partial charge < -0.3 is 10.2 Å². The summed E-state index contributed by atoms with van der Waals surface area (Å²) in [5.74, 6) is 0.303. The molecular weight excluding hydrogens is 298 g/mol. The van der Waals surface area contributed by atoms with Crippen LogP contribution < -0.4 is 5.32 Å². The molecule has 3 rings (SSSR count). The average molecular weight is 323 g/mol. The van der Waals surface area contributed by atoms with Gasteiger partial charge in [-0.1, -0.05) is 30.3 Å². The number of rotatable bonds is 8. The van der Waals surface area contributed by atoms with E-state index < -0.39 is 0 Å². The lowest BCUT2D eigenvalue weighted by Crippen LogP contribution is -2.36. The van der Waals surface area contributed by atoms with E-state index >= 15 is 0 Å². The van der Waals surface area contributed by atoms with Gasteiger partial charge in [-0.25, -0.2) is 0 Å². The molecule has 0 saturated carbocycles. The molecule has 4 nitrogen and oxygen atoms in total. The first-order chi connectivity index (χ1) is 11.8. The molecule has 1 atom stereocenters. The van der Waals surface area contributed by atoms with Crippen molar-refractivity contribution in [1.29, 1.82) is 0 Å². The minimum atomic E-state index is 0.303. The molecule has 1 unspecified atom stereocenters. The van der Waals surface area contributed by atoms with Gasteiger partial charge in [-0.3, -0.25) is 9.78 Å². The quantitative estimate of drug-likeness (QED) is 0.760. The van der Waals surface area contributed by atoms with E-state index in [0.717, 1.165) is 38.9 Å². The first-order valence-corrected chi connectivity index (χ1v) is 8.76. The van der Waals surface area contributed by atoms with Crippen molar-refractivity contribution >= 4 is 5.91 Å². The Morgan fingerprint density at radius 3 is 2.67 bits per heavy atom. The predicted molar refractivity (Wildman–Crippen MR) is 95.4 cm³/mol. The van der Waals surface area contributed by atoms with E-state index in [9.17, 15) is 4.79 Å². The SMILES string of the molecule is O=C1CCC(CCNCc2ccccc2)N1CCc1ccncc1. The van der Waals surface area contributed by atoms with Crippen molar-refractivity contribution in [3.63, 3.8) is 0 Å². The number of carbonyl (C=O) groups is 1.